The zero-order valence-electron chi connectivity index (χ0n) is 13.9. The van der Waals surface area contributed by atoms with E-state index >= 15 is 0 Å². The molecular formula is C18H21FN6O. The fraction of sp³-hybridized carbons (Fsp3) is 0.333. The number of fused-ring (bicyclic) bond motifs is 1. The van der Waals surface area contributed by atoms with Gasteiger partial charge in [0.15, 0.2) is 5.82 Å². The zero-order valence-corrected chi connectivity index (χ0v) is 13.9. The maximum Gasteiger partial charge on any atom is 0.257 e. The molecule has 136 valence electrons. The molecule has 0 saturated heterocycles. The Bertz CT molecular complexity index is 933. The second-order valence-electron chi connectivity index (χ2n) is 6.26. The minimum absolute atomic E-state index is 0. The van der Waals surface area contributed by atoms with Crippen LogP contribution >= 0.6 is 0 Å². The van der Waals surface area contributed by atoms with Crippen LogP contribution in [-0.2, 0) is 13.0 Å². The van der Waals surface area contributed by atoms with Crippen molar-refractivity contribution < 1.29 is 9.18 Å². The van der Waals surface area contributed by atoms with Gasteiger partial charge < -0.3 is 4.90 Å². The molecule has 3 aromatic rings. The van der Waals surface area contributed by atoms with E-state index in [0.29, 0.717) is 24.2 Å². The summed E-state index contributed by atoms with van der Waals surface area (Å²) in [5, 5.41) is 15.1. The number of benzene rings is 1. The molecule has 1 amide bonds. The molecule has 0 fully saturated rings. The summed E-state index contributed by atoms with van der Waals surface area (Å²) < 4.78 is 16.0. The second kappa shape index (κ2) is 6.70. The van der Waals surface area contributed by atoms with Gasteiger partial charge in [-0.1, -0.05) is 24.8 Å². The Morgan fingerprint density at radius 1 is 1.35 bits per heavy atom. The van der Waals surface area contributed by atoms with Crippen LogP contribution in [0.25, 0.3) is 5.82 Å². The lowest BCUT2D eigenvalue weighted by molar-refractivity contribution is 0.0648. The zero-order chi connectivity index (χ0) is 17.6. The number of nitrogens with one attached hydrogen (secondary N) is 1. The van der Waals surface area contributed by atoms with Crippen molar-refractivity contribution >= 4 is 5.91 Å². The van der Waals surface area contributed by atoms with E-state index < -0.39 is 5.82 Å². The molecule has 0 radical (unpaired) electrons. The molecule has 2 aromatic heterocycles. The summed E-state index contributed by atoms with van der Waals surface area (Å²) in [6.07, 6.45) is 2.23. The van der Waals surface area contributed by atoms with E-state index in [0.717, 1.165) is 11.5 Å². The Kier molecular flexibility index (Phi) is 4.58. The molecule has 1 N–H and O–H groups in total. The van der Waals surface area contributed by atoms with Crippen molar-refractivity contribution in [1.29, 1.82) is 0 Å². The van der Waals surface area contributed by atoms with Crippen molar-refractivity contribution in [3.8, 4) is 5.82 Å². The van der Waals surface area contributed by atoms with Crippen molar-refractivity contribution in [1.82, 2.24) is 30.1 Å². The Morgan fingerprint density at radius 3 is 2.88 bits per heavy atom. The lowest BCUT2D eigenvalue weighted by Gasteiger charge is -2.33. The Morgan fingerprint density at radius 2 is 2.15 bits per heavy atom. The SMILES string of the molecule is C.Cc1cccc(C(=O)N2Cc3nnn(-c4ccn[nH]4)c3C[C@@H]2C)c1F. The van der Waals surface area contributed by atoms with Gasteiger partial charge in [-0.2, -0.15) is 9.78 Å². The number of hydrogen-bond donors (Lipinski definition) is 1. The average molecular weight is 356 g/mol. The van der Waals surface area contributed by atoms with E-state index in [4.69, 9.17) is 0 Å². The molecule has 0 unspecified atom stereocenters. The molecule has 4 rings (SSSR count). The minimum Gasteiger partial charge on any atom is -0.329 e. The van der Waals surface area contributed by atoms with E-state index in [1.807, 2.05) is 6.92 Å². The standard InChI is InChI=1S/C17H17FN6O.CH4/c1-10-4-3-5-12(16(10)18)17(25)23-9-13-14(8-11(23)2)24(22-20-13)15-6-7-19-21-15;/h3-7,11H,8-9H2,1-2H3,(H,19,21);1H4/t11-;/m0./s1. The van der Waals surface area contributed by atoms with Crippen molar-refractivity contribution in [2.24, 2.45) is 0 Å². The molecule has 1 atom stereocenters. The Labute approximate surface area is 150 Å². The summed E-state index contributed by atoms with van der Waals surface area (Å²) >= 11 is 0. The fourth-order valence-electron chi connectivity index (χ4n) is 3.17. The van der Waals surface area contributed by atoms with Gasteiger partial charge >= 0.3 is 0 Å². The third-order valence-corrected chi connectivity index (χ3v) is 4.58. The van der Waals surface area contributed by atoms with Crippen LogP contribution in [0.1, 0.15) is 41.7 Å². The van der Waals surface area contributed by atoms with Crippen LogP contribution in [0, 0.1) is 12.7 Å². The lowest BCUT2D eigenvalue weighted by atomic mass is 10.0. The first kappa shape index (κ1) is 17.8. The van der Waals surface area contributed by atoms with Gasteiger partial charge in [-0.05, 0) is 25.5 Å². The van der Waals surface area contributed by atoms with E-state index in [2.05, 4.69) is 20.5 Å². The highest BCUT2D eigenvalue weighted by molar-refractivity contribution is 5.95. The monoisotopic (exact) mass is 356 g/mol. The summed E-state index contributed by atoms with van der Waals surface area (Å²) in [6, 6.07) is 6.58. The molecule has 0 bridgehead atoms. The third kappa shape index (κ3) is 2.77. The highest BCUT2D eigenvalue weighted by atomic mass is 19.1. The van der Waals surface area contributed by atoms with Crippen molar-refractivity contribution in [3.05, 3.63) is 58.8 Å². The van der Waals surface area contributed by atoms with Gasteiger partial charge in [0.25, 0.3) is 5.91 Å². The molecule has 26 heavy (non-hydrogen) atoms. The van der Waals surface area contributed by atoms with Gasteiger partial charge in [0.1, 0.15) is 11.5 Å². The molecule has 8 heteroatoms. The van der Waals surface area contributed by atoms with Gasteiger partial charge in [0.2, 0.25) is 0 Å². The first-order valence-corrected chi connectivity index (χ1v) is 8.05. The highest BCUT2D eigenvalue weighted by Gasteiger charge is 2.32. The molecule has 0 aliphatic carbocycles. The number of nitrogens with zero attached hydrogens (tertiary/aromatic N) is 5. The largest absolute Gasteiger partial charge is 0.329 e. The normalized spacial score (nSPS) is 16.1. The summed E-state index contributed by atoms with van der Waals surface area (Å²) in [7, 11) is 0. The van der Waals surface area contributed by atoms with E-state index in [1.165, 1.54) is 6.07 Å². The topological polar surface area (TPSA) is 79.7 Å². The van der Waals surface area contributed by atoms with Gasteiger partial charge in [-0.3, -0.25) is 9.89 Å². The van der Waals surface area contributed by atoms with Crippen LogP contribution in [0.5, 0.6) is 0 Å². The average Bonchev–Trinajstić information content (AvgIpc) is 3.25. The number of aryl methyl sites for hydroxylation is 1. The number of carbonyl (C=O) groups excluding carboxylic acids is 1. The van der Waals surface area contributed by atoms with Gasteiger partial charge in [-0.25, -0.2) is 4.39 Å². The quantitative estimate of drug-likeness (QED) is 0.765. The summed E-state index contributed by atoms with van der Waals surface area (Å²) in [4.78, 5) is 14.5. The number of hydrogen-bond acceptors (Lipinski definition) is 4. The number of aromatic nitrogens is 5. The fourth-order valence-corrected chi connectivity index (χ4v) is 3.17. The maximum atomic E-state index is 14.3. The molecule has 1 aliphatic heterocycles. The van der Waals surface area contributed by atoms with Gasteiger partial charge in [-0.15, -0.1) is 5.10 Å². The van der Waals surface area contributed by atoms with Crippen molar-refractivity contribution in [2.45, 2.75) is 40.3 Å². The summed E-state index contributed by atoms with van der Waals surface area (Å²) in [5.41, 5.74) is 2.21. The third-order valence-electron chi connectivity index (χ3n) is 4.58. The Hall–Kier alpha value is -3.03. The van der Waals surface area contributed by atoms with Crippen LogP contribution in [0.2, 0.25) is 0 Å². The number of H-pyrrole nitrogens is 1. The van der Waals surface area contributed by atoms with Gasteiger partial charge in [0.05, 0.1) is 24.0 Å². The smallest absolute Gasteiger partial charge is 0.257 e. The summed E-state index contributed by atoms with van der Waals surface area (Å²) in [6.45, 7) is 3.90. The summed E-state index contributed by atoms with van der Waals surface area (Å²) in [5.74, 6) is -0.0625. The predicted molar refractivity (Wildman–Crippen MR) is 94.4 cm³/mol. The molecule has 1 aliphatic rings. The first-order valence-electron chi connectivity index (χ1n) is 8.05. The Balaban J connectivity index is 0.00000196. The molecule has 0 spiro atoms. The van der Waals surface area contributed by atoms with Crippen LogP contribution in [0.15, 0.2) is 30.5 Å². The number of halogens is 1. The van der Waals surface area contributed by atoms with E-state index in [1.54, 1.807) is 40.9 Å². The number of amides is 1. The van der Waals surface area contributed by atoms with E-state index in [-0.39, 0.29) is 24.9 Å². The van der Waals surface area contributed by atoms with Crippen LogP contribution < -0.4 is 0 Å². The predicted octanol–water partition coefficient (Wildman–Crippen LogP) is 2.66. The lowest BCUT2D eigenvalue weighted by Crippen LogP contribution is -2.43. The molecular weight excluding hydrogens is 335 g/mol. The number of rotatable bonds is 2. The maximum absolute atomic E-state index is 14.3. The second-order valence-corrected chi connectivity index (χ2v) is 6.26. The highest BCUT2D eigenvalue weighted by Crippen LogP contribution is 2.25. The van der Waals surface area contributed by atoms with Crippen LogP contribution in [-0.4, -0.2) is 42.0 Å². The molecule has 7 nitrogen and oxygen atoms in total. The van der Waals surface area contributed by atoms with Crippen molar-refractivity contribution in [2.75, 3.05) is 0 Å². The number of carbonyl (C=O) groups is 1. The molecule has 3 heterocycles. The number of aromatic amines is 1. The van der Waals surface area contributed by atoms with E-state index in [9.17, 15) is 9.18 Å². The minimum atomic E-state index is -0.466. The first-order chi connectivity index (χ1) is 12.1. The molecule has 0 saturated carbocycles. The van der Waals surface area contributed by atoms with Crippen LogP contribution in [0.4, 0.5) is 4.39 Å². The van der Waals surface area contributed by atoms with Crippen molar-refractivity contribution in [3.63, 3.8) is 0 Å². The van der Waals surface area contributed by atoms with Gasteiger partial charge in [0, 0.05) is 18.5 Å². The van der Waals surface area contributed by atoms with Crippen LogP contribution in [0.3, 0.4) is 0 Å². The molecule has 1 aromatic carbocycles.